The van der Waals surface area contributed by atoms with Crippen LogP contribution in [0.4, 0.5) is 0 Å². The van der Waals surface area contributed by atoms with Gasteiger partial charge in [-0.1, -0.05) is 18.2 Å². The van der Waals surface area contributed by atoms with Crippen LogP contribution in [0.2, 0.25) is 0 Å². The van der Waals surface area contributed by atoms with Gasteiger partial charge in [-0.3, -0.25) is 0 Å². The fraction of sp³-hybridized carbons (Fsp3) is 0.273. The fourth-order valence-electron chi connectivity index (χ4n) is 1.03. The van der Waals surface area contributed by atoms with Crippen molar-refractivity contribution in [1.29, 1.82) is 0 Å². The van der Waals surface area contributed by atoms with Gasteiger partial charge >= 0.3 is 0 Å². The molecule has 0 saturated heterocycles. The summed E-state index contributed by atoms with van der Waals surface area (Å²) in [5, 5.41) is 9.04. The molecule has 13 heavy (non-hydrogen) atoms. The lowest BCUT2D eigenvalue weighted by Gasteiger charge is -2.03. The van der Waals surface area contributed by atoms with Crippen molar-refractivity contribution in [3.8, 4) is 5.75 Å². The average molecular weight is 177 g/mol. The number of rotatable bonds is 3. The van der Waals surface area contributed by atoms with Crippen molar-refractivity contribution in [3.63, 3.8) is 0 Å². The molecule has 0 aliphatic rings. The van der Waals surface area contributed by atoms with Gasteiger partial charge in [0.15, 0.2) is 0 Å². The van der Waals surface area contributed by atoms with Gasteiger partial charge in [0.25, 0.3) is 0 Å². The molecule has 0 aromatic heterocycles. The Morgan fingerprint density at radius 2 is 1.85 bits per heavy atom. The summed E-state index contributed by atoms with van der Waals surface area (Å²) in [5.41, 5.74) is 1.20. The highest BCUT2D eigenvalue weighted by Crippen LogP contribution is 2.10. The van der Waals surface area contributed by atoms with Crippen LogP contribution in [0, 0.1) is 0 Å². The van der Waals surface area contributed by atoms with Crippen LogP contribution in [0.25, 0.3) is 0 Å². The Labute approximate surface area is 79.1 Å². The lowest BCUT2D eigenvalue weighted by Crippen LogP contribution is -2.00. The summed E-state index contributed by atoms with van der Waals surface area (Å²) >= 11 is 0. The average Bonchev–Trinajstić information content (AvgIpc) is 2.08. The van der Waals surface area contributed by atoms with Gasteiger partial charge in [0, 0.05) is 14.1 Å². The Kier molecular flexibility index (Phi) is 3.38. The molecular weight excluding hydrogens is 162 g/mol. The first-order chi connectivity index (χ1) is 6.18. The second-order valence-electron chi connectivity index (χ2n) is 3.22. The van der Waals surface area contributed by atoms with Gasteiger partial charge in [-0.15, -0.1) is 0 Å². The molecule has 0 unspecified atom stereocenters. The molecule has 0 spiro atoms. The second kappa shape index (κ2) is 4.55. The van der Waals surface area contributed by atoms with Crippen molar-refractivity contribution in [2.75, 3.05) is 14.1 Å². The third-order valence-electron chi connectivity index (χ3n) is 1.69. The molecule has 1 aromatic rings. The van der Waals surface area contributed by atoms with Gasteiger partial charge in [-0.25, -0.2) is 0 Å². The summed E-state index contributed by atoms with van der Waals surface area (Å²) in [7, 11) is 3.99. The van der Waals surface area contributed by atoms with E-state index in [1.165, 1.54) is 5.56 Å². The third kappa shape index (κ3) is 3.65. The van der Waals surface area contributed by atoms with E-state index in [1.807, 2.05) is 37.3 Å². The number of phenolic OH excluding ortho intramolecular Hbond substituents is 1. The molecule has 0 heterocycles. The lowest BCUT2D eigenvalue weighted by molar-refractivity contribution is 0.475. The largest absolute Gasteiger partial charge is 0.508 e. The zero-order valence-electron chi connectivity index (χ0n) is 8.07. The van der Waals surface area contributed by atoms with E-state index in [1.54, 1.807) is 12.1 Å². The van der Waals surface area contributed by atoms with Gasteiger partial charge in [0.1, 0.15) is 5.75 Å². The van der Waals surface area contributed by atoms with E-state index in [2.05, 4.69) is 6.08 Å². The van der Waals surface area contributed by atoms with Gasteiger partial charge in [0.2, 0.25) is 0 Å². The molecule has 0 aliphatic carbocycles. The second-order valence-corrected chi connectivity index (χ2v) is 3.22. The van der Waals surface area contributed by atoms with E-state index in [9.17, 15) is 0 Å². The Hall–Kier alpha value is -1.44. The number of nitrogens with zero attached hydrogens (tertiary/aromatic N) is 1. The minimum absolute atomic E-state index is 0.320. The van der Waals surface area contributed by atoms with Crippen LogP contribution in [0.1, 0.15) is 5.56 Å². The highest BCUT2D eigenvalue weighted by Gasteiger charge is 1.89. The van der Waals surface area contributed by atoms with Gasteiger partial charge in [0.05, 0.1) is 0 Å². The van der Waals surface area contributed by atoms with E-state index in [0.717, 1.165) is 6.42 Å². The number of benzene rings is 1. The molecule has 0 aliphatic heterocycles. The molecule has 0 bridgehead atoms. The third-order valence-corrected chi connectivity index (χ3v) is 1.69. The van der Waals surface area contributed by atoms with Crippen LogP contribution >= 0.6 is 0 Å². The molecule has 1 aromatic carbocycles. The van der Waals surface area contributed by atoms with Crippen molar-refractivity contribution in [1.82, 2.24) is 4.90 Å². The minimum Gasteiger partial charge on any atom is -0.508 e. The van der Waals surface area contributed by atoms with Crippen molar-refractivity contribution in [2.45, 2.75) is 6.42 Å². The molecule has 0 saturated carbocycles. The maximum atomic E-state index is 9.04. The number of aromatic hydroxyl groups is 1. The maximum absolute atomic E-state index is 9.04. The number of allylic oxidation sites excluding steroid dienone is 1. The summed E-state index contributed by atoms with van der Waals surface area (Å²) in [6, 6.07) is 7.27. The van der Waals surface area contributed by atoms with Crippen LogP contribution < -0.4 is 0 Å². The molecule has 0 amide bonds. The summed E-state index contributed by atoms with van der Waals surface area (Å²) in [6.45, 7) is 0. The Morgan fingerprint density at radius 3 is 2.38 bits per heavy atom. The molecule has 0 atom stereocenters. The first-order valence-electron chi connectivity index (χ1n) is 4.29. The van der Waals surface area contributed by atoms with Crippen molar-refractivity contribution >= 4 is 0 Å². The van der Waals surface area contributed by atoms with Crippen LogP contribution in [0.15, 0.2) is 36.5 Å². The predicted octanol–water partition coefficient (Wildman–Crippen LogP) is 2.01. The first kappa shape index (κ1) is 9.65. The van der Waals surface area contributed by atoms with Crippen molar-refractivity contribution in [2.24, 2.45) is 0 Å². The molecule has 0 radical (unpaired) electrons. The molecule has 1 N–H and O–H groups in total. The van der Waals surface area contributed by atoms with Crippen LogP contribution in [-0.2, 0) is 6.42 Å². The predicted molar refractivity (Wildman–Crippen MR) is 54.6 cm³/mol. The van der Waals surface area contributed by atoms with Crippen LogP contribution in [0.3, 0.4) is 0 Å². The van der Waals surface area contributed by atoms with Crippen molar-refractivity contribution < 1.29 is 5.11 Å². The number of phenols is 1. The lowest BCUT2D eigenvalue weighted by atomic mass is 10.1. The fourth-order valence-corrected chi connectivity index (χ4v) is 1.03. The van der Waals surface area contributed by atoms with E-state index >= 15 is 0 Å². The van der Waals surface area contributed by atoms with Gasteiger partial charge in [-0.05, 0) is 30.3 Å². The molecule has 2 heteroatoms. The summed E-state index contributed by atoms with van der Waals surface area (Å²) in [6.07, 6.45) is 5.01. The minimum atomic E-state index is 0.320. The van der Waals surface area contributed by atoms with Crippen LogP contribution in [0.5, 0.6) is 5.75 Å². The summed E-state index contributed by atoms with van der Waals surface area (Å²) < 4.78 is 0. The molecule has 2 nitrogen and oxygen atoms in total. The van der Waals surface area contributed by atoms with Gasteiger partial charge in [-0.2, -0.15) is 0 Å². The Bertz CT molecular complexity index is 275. The van der Waals surface area contributed by atoms with E-state index < -0.39 is 0 Å². The molecule has 70 valence electrons. The highest BCUT2D eigenvalue weighted by atomic mass is 16.3. The topological polar surface area (TPSA) is 23.5 Å². The Balaban J connectivity index is 2.50. The SMILES string of the molecule is CN(C)C=CCc1ccc(O)cc1. The quantitative estimate of drug-likeness (QED) is 0.763. The van der Waals surface area contributed by atoms with Crippen molar-refractivity contribution in [3.05, 3.63) is 42.1 Å². The van der Waals surface area contributed by atoms with Gasteiger partial charge < -0.3 is 10.0 Å². The maximum Gasteiger partial charge on any atom is 0.115 e. The zero-order valence-corrected chi connectivity index (χ0v) is 8.07. The van der Waals surface area contributed by atoms with E-state index in [4.69, 9.17) is 5.11 Å². The van der Waals surface area contributed by atoms with Crippen LogP contribution in [-0.4, -0.2) is 24.1 Å². The number of hydrogen-bond donors (Lipinski definition) is 1. The molecular formula is C11H15NO. The first-order valence-corrected chi connectivity index (χ1v) is 4.29. The summed E-state index contributed by atoms with van der Waals surface area (Å²) in [5.74, 6) is 0.320. The molecule has 1 rings (SSSR count). The summed E-state index contributed by atoms with van der Waals surface area (Å²) in [4.78, 5) is 2.00. The zero-order chi connectivity index (χ0) is 9.68. The van der Waals surface area contributed by atoms with E-state index in [0.29, 0.717) is 5.75 Å². The normalized spacial score (nSPS) is 10.6. The molecule has 0 fully saturated rings. The smallest absolute Gasteiger partial charge is 0.115 e. The van der Waals surface area contributed by atoms with E-state index in [-0.39, 0.29) is 0 Å². The monoisotopic (exact) mass is 177 g/mol. The standard InChI is InChI=1S/C11H15NO/c1-12(2)9-3-4-10-5-7-11(13)8-6-10/h3,5-9,13H,4H2,1-2H3. The Morgan fingerprint density at radius 1 is 1.23 bits per heavy atom. The number of hydrogen-bond acceptors (Lipinski definition) is 2. The highest BCUT2D eigenvalue weighted by molar-refractivity contribution is 5.27.